The van der Waals surface area contributed by atoms with Crippen LogP contribution in [0.1, 0.15) is 30.4 Å². The molecule has 2 amide bonds. The van der Waals surface area contributed by atoms with Gasteiger partial charge in [0.2, 0.25) is 21.8 Å². The molecule has 0 saturated carbocycles. The molecule has 48 heavy (non-hydrogen) atoms. The third kappa shape index (κ3) is 14.1. The van der Waals surface area contributed by atoms with Gasteiger partial charge in [0.15, 0.2) is 0 Å². The maximum Gasteiger partial charge on any atom is 0.244 e. The molecule has 0 heterocycles. The van der Waals surface area contributed by atoms with E-state index in [4.69, 9.17) is 15.1 Å². The highest BCUT2D eigenvalue weighted by atomic mass is 32.2. The Balaban J connectivity index is 0.000000313. The molecule has 0 unspecified atom stereocenters. The Bertz CT molecular complexity index is 1600. The lowest BCUT2D eigenvalue weighted by molar-refractivity contribution is -0.135. The van der Waals surface area contributed by atoms with Crippen LogP contribution >= 0.6 is 0 Å². The van der Waals surface area contributed by atoms with Crippen LogP contribution in [-0.2, 0) is 26.0 Å². The summed E-state index contributed by atoms with van der Waals surface area (Å²) in [5.74, 6) is -0.770. The second kappa shape index (κ2) is 21.3. The highest BCUT2D eigenvalue weighted by Crippen LogP contribution is 2.21. The van der Waals surface area contributed by atoms with Crippen molar-refractivity contribution in [1.82, 2.24) is 15.1 Å². The second-order valence-electron chi connectivity index (χ2n) is 11.0. The minimum absolute atomic E-state index is 0.0826. The number of methoxy groups -OCH3 is 1. The van der Waals surface area contributed by atoms with Gasteiger partial charge in [-0.05, 0) is 67.1 Å². The fourth-order valence-corrected chi connectivity index (χ4v) is 5.36. The monoisotopic (exact) mass is 677 g/mol. The van der Waals surface area contributed by atoms with E-state index in [1.165, 1.54) is 48.8 Å². The number of carbonyl (C=O) groups excluding carboxylic acids is 2. The van der Waals surface area contributed by atoms with E-state index < -0.39 is 21.8 Å². The summed E-state index contributed by atoms with van der Waals surface area (Å²) in [5.41, 5.74) is 6.37. The summed E-state index contributed by atoms with van der Waals surface area (Å²) in [4.78, 5) is 23.8. The number of nitrogens with one attached hydrogen (secondary N) is 2. The number of amides is 2. The van der Waals surface area contributed by atoms with Gasteiger partial charge >= 0.3 is 0 Å². The van der Waals surface area contributed by atoms with E-state index in [-0.39, 0.29) is 30.4 Å². The maximum atomic E-state index is 12.1. The lowest BCUT2D eigenvalue weighted by Crippen LogP contribution is -2.35. The van der Waals surface area contributed by atoms with Crippen LogP contribution in [0.5, 0.6) is 5.75 Å². The number of aryl methyl sites for hydroxylation is 2. The van der Waals surface area contributed by atoms with Gasteiger partial charge in [0.25, 0.3) is 0 Å². The van der Waals surface area contributed by atoms with Crippen molar-refractivity contribution in [2.75, 3.05) is 34.4 Å². The van der Waals surface area contributed by atoms with Crippen LogP contribution in [0.3, 0.4) is 0 Å². The molecule has 0 aliphatic heterocycles. The zero-order chi connectivity index (χ0) is 35.4. The van der Waals surface area contributed by atoms with Crippen LogP contribution < -0.4 is 15.5 Å². The Labute approximate surface area is 284 Å². The van der Waals surface area contributed by atoms with E-state index >= 15 is 0 Å². The van der Waals surface area contributed by atoms with Gasteiger partial charge in [-0.2, -0.15) is 0 Å². The molecule has 4 aromatic carbocycles. The molecule has 11 heteroatoms. The van der Waals surface area contributed by atoms with Crippen LogP contribution in [-0.4, -0.2) is 69.2 Å². The van der Waals surface area contributed by atoms with Crippen molar-refractivity contribution in [1.29, 1.82) is 0 Å². The number of hydroxylamine groups is 1. The Morgan fingerprint density at radius 2 is 1.40 bits per heavy atom. The maximum absolute atomic E-state index is 12.1. The largest absolute Gasteiger partial charge is 0.497 e. The van der Waals surface area contributed by atoms with Gasteiger partial charge in [-0.15, -0.1) is 0 Å². The van der Waals surface area contributed by atoms with Crippen molar-refractivity contribution in [2.45, 2.75) is 37.5 Å². The van der Waals surface area contributed by atoms with Crippen LogP contribution in [0, 0.1) is 12.8 Å². The Kier molecular flexibility index (Phi) is 17.6. The minimum atomic E-state index is -3.32. The highest BCUT2D eigenvalue weighted by molar-refractivity contribution is 7.89. The van der Waals surface area contributed by atoms with Crippen LogP contribution in [0.4, 0.5) is 0 Å². The first-order chi connectivity index (χ1) is 23.0. The minimum Gasteiger partial charge on any atom is -0.497 e. The predicted octanol–water partition coefficient (Wildman–Crippen LogP) is 5.24. The summed E-state index contributed by atoms with van der Waals surface area (Å²) in [7, 11) is 1.21. The molecule has 1 atom stereocenters. The number of nitrogens with zero attached hydrogens (tertiary/aromatic N) is 1. The first-order valence-corrected chi connectivity index (χ1v) is 17.0. The van der Waals surface area contributed by atoms with E-state index in [0.717, 1.165) is 24.0 Å². The van der Waals surface area contributed by atoms with Gasteiger partial charge in [0.05, 0.1) is 18.6 Å². The molecule has 0 bridgehead atoms. The lowest BCUT2D eigenvalue weighted by atomic mass is 9.95. The second-order valence-corrected chi connectivity index (χ2v) is 13.2. The normalized spacial score (nSPS) is 11.2. The molecule has 0 aliphatic rings. The SMILES string of the molecule is COc1ccc(S(=O)(=O)N(C)C)cc1.Cc1ccccc1.O=C(C[C@@H](CCCc1ccc(-c2ccccc2)cc1)C(=O)NCCO)NO. The molecule has 0 aliphatic carbocycles. The van der Waals surface area contributed by atoms with E-state index in [1.807, 2.05) is 36.4 Å². The third-order valence-corrected chi connectivity index (χ3v) is 9.03. The number of ether oxygens (including phenoxy) is 1. The summed E-state index contributed by atoms with van der Waals surface area (Å²) >= 11 is 0. The van der Waals surface area contributed by atoms with Crippen molar-refractivity contribution in [3.8, 4) is 16.9 Å². The number of aliphatic hydroxyl groups excluding tert-OH is 1. The quantitative estimate of drug-likeness (QED) is 0.112. The van der Waals surface area contributed by atoms with Crippen molar-refractivity contribution in [3.63, 3.8) is 0 Å². The first kappa shape index (κ1) is 39.6. The molecule has 0 aromatic heterocycles. The van der Waals surface area contributed by atoms with Gasteiger partial charge in [-0.3, -0.25) is 14.8 Å². The van der Waals surface area contributed by atoms with Crippen LogP contribution in [0.25, 0.3) is 11.1 Å². The molecule has 4 aromatic rings. The summed E-state index contributed by atoms with van der Waals surface area (Å²) < 4.78 is 29.3. The molecule has 0 saturated heterocycles. The van der Waals surface area contributed by atoms with Crippen molar-refractivity contribution < 1.29 is 33.1 Å². The number of hydrogen-bond acceptors (Lipinski definition) is 7. The topological polar surface area (TPSA) is 145 Å². The van der Waals surface area contributed by atoms with E-state index in [2.05, 4.69) is 60.8 Å². The predicted molar refractivity (Wildman–Crippen MR) is 188 cm³/mol. The van der Waals surface area contributed by atoms with Crippen molar-refractivity contribution in [2.24, 2.45) is 5.92 Å². The number of hydrogen-bond donors (Lipinski definition) is 4. The standard InChI is InChI=1S/C21H26N2O4.C9H13NO3S.C7H8/c24-14-13-22-21(26)19(15-20(25)23-27)8-4-5-16-9-11-18(12-10-16)17-6-2-1-3-7-17;1-10(2)14(11,12)9-6-4-8(13-3)5-7-9;1-7-5-3-2-4-6-7/h1-3,6-7,9-12,19,24,27H,4-5,8,13-15H2,(H,22,26)(H,23,25);4-7H,1-3H3;2-6H,1H3/t19-;;/m1../s1. The molecule has 0 spiro atoms. The Hall–Kier alpha value is -4.55. The molecule has 10 nitrogen and oxygen atoms in total. The average molecular weight is 678 g/mol. The number of sulfonamides is 1. The van der Waals surface area contributed by atoms with Gasteiger partial charge in [-0.1, -0.05) is 90.5 Å². The van der Waals surface area contributed by atoms with Crippen molar-refractivity contribution >= 4 is 21.8 Å². The van der Waals surface area contributed by atoms with Crippen LogP contribution in [0.15, 0.2) is 114 Å². The van der Waals surface area contributed by atoms with E-state index in [1.54, 1.807) is 17.6 Å². The number of rotatable bonds is 13. The van der Waals surface area contributed by atoms with Gasteiger partial charge < -0.3 is 15.2 Å². The van der Waals surface area contributed by atoms with E-state index in [9.17, 15) is 18.0 Å². The molecular formula is C37H47N3O7S. The highest BCUT2D eigenvalue weighted by Gasteiger charge is 2.21. The zero-order valence-corrected chi connectivity index (χ0v) is 28.8. The third-order valence-electron chi connectivity index (χ3n) is 7.20. The van der Waals surface area contributed by atoms with Gasteiger partial charge in [0, 0.05) is 33.0 Å². The summed E-state index contributed by atoms with van der Waals surface area (Å²) in [6.07, 6.45) is 1.96. The summed E-state index contributed by atoms with van der Waals surface area (Å²) in [6.45, 7) is 2.08. The Morgan fingerprint density at radius 1 is 0.833 bits per heavy atom. The molecule has 258 valence electrons. The smallest absolute Gasteiger partial charge is 0.244 e. The first-order valence-electron chi connectivity index (χ1n) is 15.6. The Morgan fingerprint density at radius 3 is 1.88 bits per heavy atom. The van der Waals surface area contributed by atoms with Crippen LogP contribution in [0.2, 0.25) is 0 Å². The average Bonchev–Trinajstić information content (AvgIpc) is 3.11. The fraction of sp³-hybridized carbons (Fsp3) is 0.297. The summed E-state index contributed by atoms with van der Waals surface area (Å²) in [6, 6.07) is 35.0. The van der Waals surface area contributed by atoms with Gasteiger partial charge in [-0.25, -0.2) is 18.2 Å². The molecule has 4 rings (SSSR count). The number of benzene rings is 4. The molecule has 4 N–H and O–H groups in total. The van der Waals surface area contributed by atoms with Crippen molar-refractivity contribution in [3.05, 3.63) is 120 Å². The van der Waals surface area contributed by atoms with Gasteiger partial charge in [0.1, 0.15) is 5.75 Å². The zero-order valence-electron chi connectivity index (χ0n) is 28.0. The summed E-state index contributed by atoms with van der Waals surface area (Å²) in [5, 5.41) is 20.1. The number of aliphatic hydroxyl groups is 1. The lowest BCUT2D eigenvalue weighted by Gasteiger charge is -2.15. The fourth-order valence-electron chi connectivity index (χ4n) is 4.46. The van der Waals surface area contributed by atoms with E-state index in [0.29, 0.717) is 12.2 Å². The number of carbonyl (C=O) groups is 2. The molecular weight excluding hydrogens is 630 g/mol. The molecule has 0 radical (unpaired) electrons. The molecule has 0 fully saturated rings.